The van der Waals surface area contributed by atoms with Gasteiger partial charge in [0.1, 0.15) is 0 Å². The Morgan fingerprint density at radius 2 is 1.94 bits per heavy atom. The van der Waals surface area contributed by atoms with Crippen LogP contribution in [0.2, 0.25) is 0 Å². The highest BCUT2D eigenvalue weighted by Gasteiger charge is 2.14. The van der Waals surface area contributed by atoms with Crippen molar-refractivity contribution in [1.82, 2.24) is 10.2 Å². The fourth-order valence-electron chi connectivity index (χ4n) is 1.78. The Balaban J connectivity index is 0.00000225. The number of rotatable bonds is 4. The van der Waals surface area contributed by atoms with Crippen LogP contribution in [0.4, 0.5) is 0 Å². The third-order valence-corrected chi connectivity index (χ3v) is 2.71. The van der Waals surface area contributed by atoms with Crippen LogP contribution in [0.1, 0.15) is 40.0 Å². The minimum Gasteiger partial charge on any atom is -0.357 e. The molecule has 1 saturated heterocycles. The summed E-state index contributed by atoms with van der Waals surface area (Å²) in [6.45, 7) is 10.9. The fraction of sp³-hybridized carbons (Fsp3) is 0.917. The highest BCUT2D eigenvalue weighted by atomic mass is 127. The van der Waals surface area contributed by atoms with E-state index in [0.29, 0.717) is 0 Å². The van der Waals surface area contributed by atoms with Gasteiger partial charge in [-0.3, -0.25) is 4.99 Å². The molecule has 0 aliphatic carbocycles. The van der Waals surface area contributed by atoms with Gasteiger partial charge in [-0.25, -0.2) is 0 Å². The molecule has 0 radical (unpaired) electrons. The topological polar surface area (TPSA) is 27.6 Å². The maximum absolute atomic E-state index is 4.67. The predicted octanol–water partition coefficient (Wildman–Crippen LogP) is 2.71. The molecule has 0 aromatic rings. The highest BCUT2D eigenvalue weighted by molar-refractivity contribution is 14.0. The quantitative estimate of drug-likeness (QED) is 0.485. The lowest BCUT2D eigenvalue weighted by Gasteiger charge is -2.20. The van der Waals surface area contributed by atoms with E-state index in [1.54, 1.807) is 0 Å². The van der Waals surface area contributed by atoms with Gasteiger partial charge in [-0.1, -0.05) is 13.8 Å². The van der Waals surface area contributed by atoms with E-state index in [1.165, 1.54) is 32.4 Å². The van der Waals surface area contributed by atoms with Crippen molar-refractivity contribution in [3.8, 4) is 0 Å². The van der Waals surface area contributed by atoms with Gasteiger partial charge in [0.2, 0.25) is 0 Å². The molecule has 0 amide bonds. The molecule has 0 saturated carbocycles. The van der Waals surface area contributed by atoms with E-state index in [1.807, 2.05) is 0 Å². The monoisotopic (exact) mass is 339 g/mol. The first-order valence-electron chi connectivity index (χ1n) is 6.27. The molecular formula is C12H26IN3. The summed E-state index contributed by atoms with van der Waals surface area (Å²) in [4.78, 5) is 7.05. The molecule has 0 atom stereocenters. The van der Waals surface area contributed by atoms with E-state index >= 15 is 0 Å². The van der Waals surface area contributed by atoms with E-state index in [0.717, 1.165) is 25.0 Å². The summed E-state index contributed by atoms with van der Waals surface area (Å²) >= 11 is 0. The number of likely N-dealkylation sites (tertiary alicyclic amines) is 1. The Bertz CT molecular complexity index is 198. The molecule has 0 aromatic heterocycles. The summed E-state index contributed by atoms with van der Waals surface area (Å²) in [5.74, 6) is 1.87. The lowest BCUT2D eigenvalue weighted by Crippen LogP contribution is -2.39. The van der Waals surface area contributed by atoms with Crippen molar-refractivity contribution in [3.05, 3.63) is 0 Å². The van der Waals surface area contributed by atoms with Gasteiger partial charge >= 0.3 is 0 Å². The fourth-order valence-corrected chi connectivity index (χ4v) is 1.78. The van der Waals surface area contributed by atoms with Gasteiger partial charge in [-0.2, -0.15) is 0 Å². The number of halogens is 1. The van der Waals surface area contributed by atoms with Gasteiger partial charge < -0.3 is 10.2 Å². The molecule has 0 unspecified atom stereocenters. The molecular weight excluding hydrogens is 313 g/mol. The maximum Gasteiger partial charge on any atom is 0.193 e. The Kier molecular flexibility index (Phi) is 9.07. The lowest BCUT2D eigenvalue weighted by atomic mass is 10.1. The number of guanidine groups is 1. The average Bonchev–Trinajstić information content (AvgIpc) is 2.68. The summed E-state index contributed by atoms with van der Waals surface area (Å²) in [5.41, 5.74) is 0. The van der Waals surface area contributed by atoms with Gasteiger partial charge in [-0.05, 0) is 32.1 Å². The minimum absolute atomic E-state index is 0. The van der Waals surface area contributed by atoms with Gasteiger partial charge in [0.15, 0.2) is 5.96 Å². The number of aliphatic imine (C=N–C) groups is 1. The second-order valence-corrected chi connectivity index (χ2v) is 4.61. The van der Waals surface area contributed by atoms with Crippen molar-refractivity contribution in [3.63, 3.8) is 0 Å². The zero-order valence-electron chi connectivity index (χ0n) is 10.8. The van der Waals surface area contributed by atoms with Crippen LogP contribution in [-0.4, -0.2) is 37.0 Å². The zero-order valence-corrected chi connectivity index (χ0v) is 13.2. The zero-order chi connectivity index (χ0) is 11.1. The molecule has 1 fully saturated rings. The maximum atomic E-state index is 4.67. The van der Waals surface area contributed by atoms with Crippen LogP contribution in [-0.2, 0) is 0 Å². The van der Waals surface area contributed by atoms with Gasteiger partial charge in [0.05, 0.1) is 0 Å². The molecule has 96 valence electrons. The Morgan fingerprint density at radius 1 is 1.31 bits per heavy atom. The smallest absolute Gasteiger partial charge is 0.193 e. The molecule has 0 aromatic carbocycles. The minimum atomic E-state index is 0. The first kappa shape index (κ1) is 16.0. The van der Waals surface area contributed by atoms with Crippen molar-refractivity contribution in [2.24, 2.45) is 10.9 Å². The molecule has 0 bridgehead atoms. The standard InChI is InChI=1S/C12H25N3.HI/c1-4-13-12(14-8-7-11(2)3)15-9-5-6-10-15;/h11H,4-10H2,1-3H3,(H,13,14);1H. The van der Waals surface area contributed by atoms with E-state index in [2.05, 4.69) is 36.0 Å². The molecule has 1 aliphatic rings. The summed E-state index contributed by atoms with van der Waals surface area (Å²) < 4.78 is 0. The lowest BCUT2D eigenvalue weighted by molar-refractivity contribution is 0.490. The summed E-state index contributed by atoms with van der Waals surface area (Å²) in [6, 6.07) is 0. The van der Waals surface area contributed by atoms with E-state index < -0.39 is 0 Å². The number of nitrogens with zero attached hydrogens (tertiary/aromatic N) is 2. The van der Waals surface area contributed by atoms with Crippen molar-refractivity contribution in [2.75, 3.05) is 26.2 Å². The van der Waals surface area contributed by atoms with Crippen LogP contribution in [0.3, 0.4) is 0 Å². The number of nitrogens with one attached hydrogen (secondary N) is 1. The van der Waals surface area contributed by atoms with Gasteiger partial charge in [0.25, 0.3) is 0 Å². The first-order chi connectivity index (χ1) is 7.24. The Hall–Kier alpha value is 0. The molecule has 1 N–H and O–H groups in total. The van der Waals surface area contributed by atoms with Crippen molar-refractivity contribution >= 4 is 29.9 Å². The molecule has 1 rings (SSSR count). The molecule has 0 spiro atoms. The Morgan fingerprint density at radius 3 is 2.44 bits per heavy atom. The number of hydrogen-bond acceptors (Lipinski definition) is 1. The van der Waals surface area contributed by atoms with Crippen LogP contribution in [0, 0.1) is 5.92 Å². The van der Waals surface area contributed by atoms with Crippen LogP contribution in [0.15, 0.2) is 4.99 Å². The van der Waals surface area contributed by atoms with Crippen molar-refractivity contribution < 1.29 is 0 Å². The largest absolute Gasteiger partial charge is 0.357 e. The van der Waals surface area contributed by atoms with E-state index in [-0.39, 0.29) is 24.0 Å². The van der Waals surface area contributed by atoms with Gasteiger partial charge in [0, 0.05) is 26.2 Å². The second kappa shape index (κ2) is 9.07. The molecule has 4 heteroatoms. The first-order valence-corrected chi connectivity index (χ1v) is 6.27. The summed E-state index contributed by atoms with van der Waals surface area (Å²) in [5, 5.41) is 3.37. The second-order valence-electron chi connectivity index (χ2n) is 4.61. The molecule has 16 heavy (non-hydrogen) atoms. The van der Waals surface area contributed by atoms with Crippen LogP contribution in [0.5, 0.6) is 0 Å². The predicted molar refractivity (Wildman–Crippen MR) is 81.7 cm³/mol. The van der Waals surface area contributed by atoms with Crippen LogP contribution >= 0.6 is 24.0 Å². The van der Waals surface area contributed by atoms with Crippen molar-refractivity contribution in [1.29, 1.82) is 0 Å². The number of hydrogen-bond donors (Lipinski definition) is 1. The molecule has 1 heterocycles. The van der Waals surface area contributed by atoms with Gasteiger partial charge in [-0.15, -0.1) is 24.0 Å². The summed E-state index contributed by atoms with van der Waals surface area (Å²) in [6.07, 6.45) is 3.81. The highest BCUT2D eigenvalue weighted by Crippen LogP contribution is 2.08. The van der Waals surface area contributed by atoms with Crippen LogP contribution in [0.25, 0.3) is 0 Å². The van der Waals surface area contributed by atoms with E-state index in [4.69, 9.17) is 0 Å². The third-order valence-electron chi connectivity index (χ3n) is 2.71. The normalized spacial score (nSPS) is 16.5. The third kappa shape index (κ3) is 5.92. The average molecular weight is 339 g/mol. The van der Waals surface area contributed by atoms with Crippen LogP contribution < -0.4 is 5.32 Å². The summed E-state index contributed by atoms with van der Waals surface area (Å²) in [7, 11) is 0. The molecule has 1 aliphatic heterocycles. The molecule has 3 nitrogen and oxygen atoms in total. The Labute approximate surface area is 117 Å². The van der Waals surface area contributed by atoms with E-state index in [9.17, 15) is 0 Å². The SMILES string of the molecule is CCNC(=NCCC(C)C)N1CCCC1.I. The van der Waals surface area contributed by atoms with Crippen molar-refractivity contribution in [2.45, 2.75) is 40.0 Å².